The molecule has 0 bridgehead atoms. The van der Waals surface area contributed by atoms with Gasteiger partial charge in [-0.1, -0.05) is 11.8 Å². The highest BCUT2D eigenvalue weighted by Gasteiger charge is 2.58. The Morgan fingerprint density at radius 3 is 2.21 bits per heavy atom. The first-order valence-corrected chi connectivity index (χ1v) is 9.70. The zero-order valence-corrected chi connectivity index (χ0v) is 17.1. The molecule has 0 fully saturated rings. The molecule has 172 valence electrons. The van der Waals surface area contributed by atoms with E-state index >= 15 is 8.78 Å². The molecule has 1 unspecified atom stereocenters. The summed E-state index contributed by atoms with van der Waals surface area (Å²) in [5.74, 6) is -1.48. The molecule has 4 aromatic rings. The second kappa shape index (κ2) is 8.99. The van der Waals surface area contributed by atoms with Crippen molar-refractivity contribution in [2.75, 3.05) is 0 Å². The van der Waals surface area contributed by atoms with Crippen molar-refractivity contribution in [1.82, 2.24) is 25.2 Å². The Kier molecular flexibility index (Phi) is 6.08. The van der Waals surface area contributed by atoms with E-state index in [0.717, 1.165) is 29.3 Å². The molecule has 34 heavy (non-hydrogen) atoms. The lowest BCUT2D eigenvalue weighted by Crippen LogP contribution is -2.48. The van der Waals surface area contributed by atoms with Gasteiger partial charge in [-0.05, 0) is 65.0 Å². The molecular weight excluding hydrogens is 457 g/mol. The molecule has 6 nitrogen and oxygen atoms in total. The van der Waals surface area contributed by atoms with E-state index in [2.05, 4.69) is 32.4 Å². The van der Waals surface area contributed by atoms with E-state index in [1.807, 2.05) is 0 Å². The Hall–Kier alpha value is -4.17. The Morgan fingerprint density at radius 1 is 0.882 bits per heavy atom. The number of aliphatic hydroxyl groups is 1. The second-order valence-corrected chi connectivity index (χ2v) is 7.26. The van der Waals surface area contributed by atoms with Crippen molar-refractivity contribution in [3.8, 4) is 11.8 Å². The SMILES string of the molecule is OC(Cn1cnnn1)(c1cc(F)ccc1F)C(F)(F)c1ccc(C#Cc2ccc(F)cc2)cn1. The van der Waals surface area contributed by atoms with E-state index in [1.54, 1.807) is 0 Å². The number of pyridine rings is 1. The van der Waals surface area contributed by atoms with Gasteiger partial charge in [-0.3, -0.25) is 4.98 Å². The molecule has 4 rings (SSSR count). The fraction of sp³-hybridized carbons (Fsp3) is 0.130. The number of hydrogen-bond donors (Lipinski definition) is 1. The summed E-state index contributed by atoms with van der Waals surface area (Å²) in [7, 11) is 0. The molecule has 2 heterocycles. The van der Waals surface area contributed by atoms with Crippen LogP contribution in [0.5, 0.6) is 0 Å². The molecule has 0 amide bonds. The maximum absolute atomic E-state index is 15.7. The normalized spacial score (nSPS) is 13.1. The van der Waals surface area contributed by atoms with Crippen molar-refractivity contribution in [2.24, 2.45) is 0 Å². The van der Waals surface area contributed by atoms with Crippen LogP contribution in [0.3, 0.4) is 0 Å². The standard InChI is InChI=1S/C23H14F5N5O/c24-17-6-3-15(4-7-17)1-2-16-5-10-21(29-12-16)23(27,28)22(34,13-33-14-30-31-32-33)19-11-18(25)8-9-20(19)26/h3-12,14,34H,13H2. The van der Waals surface area contributed by atoms with Crippen molar-refractivity contribution in [3.63, 3.8) is 0 Å². The van der Waals surface area contributed by atoms with E-state index in [9.17, 15) is 18.3 Å². The number of benzene rings is 2. The first kappa shape index (κ1) is 23.0. The molecule has 0 aliphatic heterocycles. The van der Waals surface area contributed by atoms with Crippen LogP contribution in [0.15, 0.2) is 67.1 Å². The summed E-state index contributed by atoms with van der Waals surface area (Å²) in [6.45, 7) is -0.999. The van der Waals surface area contributed by atoms with E-state index in [4.69, 9.17) is 0 Å². The molecule has 0 aliphatic rings. The topological polar surface area (TPSA) is 76.7 Å². The lowest BCUT2D eigenvalue weighted by molar-refractivity contribution is -0.207. The van der Waals surface area contributed by atoms with Crippen LogP contribution in [0.25, 0.3) is 0 Å². The maximum Gasteiger partial charge on any atom is 0.323 e. The molecule has 11 heteroatoms. The molecule has 0 aliphatic carbocycles. The minimum Gasteiger partial charge on any atom is -0.377 e. The van der Waals surface area contributed by atoms with Crippen LogP contribution in [0.2, 0.25) is 0 Å². The predicted molar refractivity (Wildman–Crippen MR) is 109 cm³/mol. The van der Waals surface area contributed by atoms with E-state index < -0.39 is 46.8 Å². The molecule has 1 atom stereocenters. The number of halogens is 5. The summed E-state index contributed by atoms with van der Waals surface area (Å²) in [5, 5.41) is 21.2. The Balaban J connectivity index is 1.71. The van der Waals surface area contributed by atoms with E-state index in [0.29, 0.717) is 17.7 Å². The number of tetrazole rings is 1. The maximum atomic E-state index is 15.7. The third-order valence-corrected chi connectivity index (χ3v) is 4.96. The van der Waals surface area contributed by atoms with Crippen LogP contribution in [0.4, 0.5) is 22.0 Å². The number of aromatic nitrogens is 5. The van der Waals surface area contributed by atoms with Crippen LogP contribution in [-0.2, 0) is 18.1 Å². The number of rotatable bonds is 5. The average Bonchev–Trinajstić information content (AvgIpc) is 3.33. The summed E-state index contributed by atoms with van der Waals surface area (Å²) in [5.41, 5.74) is -4.46. The quantitative estimate of drug-likeness (QED) is 0.356. The van der Waals surface area contributed by atoms with Gasteiger partial charge in [0.1, 0.15) is 29.5 Å². The lowest BCUT2D eigenvalue weighted by atomic mass is 9.84. The number of hydrogen-bond acceptors (Lipinski definition) is 5. The van der Waals surface area contributed by atoms with Crippen LogP contribution in [0, 0.1) is 29.3 Å². The molecular formula is C23H14F5N5O. The van der Waals surface area contributed by atoms with Gasteiger partial charge in [0.05, 0.1) is 6.54 Å². The van der Waals surface area contributed by atoms with E-state index in [1.165, 1.54) is 30.3 Å². The summed E-state index contributed by atoms with van der Waals surface area (Å²) >= 11 is 0. The largest absolute Gasteiger partial charge is 0.377 e. The van der Waals surface area contributed by atoms with Gasteiger partial charge >= 0.3 is 5.92 Å². The molecule has 0 saturated heterocycles. The van der Waals surface area contributed by atoms with E-state index in [-0.39, 0.29) is 5.56 Å². The summed E-state index contributed by atoms with van der Waals surface area (Å²) in [4.78, 5) is 3.70. The van der Waals surface area contributed by atoms with Gasteiger partial charge in [0.2, 0.25) is 0 Å². The molecule has 2 aromatic carbocycles. The Morgan fingerprint density at radius 2 is 1.56 bits per heavy atom. The summed E-state index contributed by atoms with van der Waals surface area (Å²) in [6.07, 6.45) is 1.99. The van der Waals surface area contributed by atoms with Gasteiger partial charge in [0.25, 0.3) is 0 Å². The van der Waals surface area contributed by atoms with Crippen LogP contribution >= 0.6 is 0 Å². The number of nitrogens with zero attached hydrogens (tertiary/aromatic N) is 5. The third kappa shape index (κ3) is 4.49. The fourth-order valence-corrected chi connectivity index (χ4v) is 3.20. The van der Waals surface area contributed by atoms with Crippen LogP contribution in [-0.4, -0.2) is 30.3 Å². The molecule has 0 spiro atoms. The van der Waals surface area contributed by atoms with Gasteiger partial charge in [0, 0.05) is 22.9 Å². The van der Waals surface area contributed by atoms with Gasteiger partial charge < -0.3 is 5.11 Å². The summed E-state index contributed by atoms with van der Waals surface area (Å²) < 4.78 is 73.4. The van der Waals surface area contributed by atoms with Gasteiger partial charge in [-0.2, -0.15) is 8.78 Å². The molecule has 1 N–H and O–H groups in total. The zero-order chi connectivity index (χ0) is 24.3. The zero-order valence-electron chi connectivity index (χ0n) is 17.1. The van der Waals surface area contributed by atoms with Crippen LogP contribution < -0.4 is 0 Å². The third-order valence-electron chi connectivity index (χ3n) is 4.96. The van der Waals surface area contributed by atoms with Crippen molar-refractivity contribution in [2.45, 2.75) is 18.1 Å². The fourth-order valence-electron chi connectivity index (χ4n) is 3.20. The highest BCUT2D eigenvalue weighted by Crippen LogP contribution is 2.46. The monoisotopic (exact) mass is 471 g/mol. The minimum atomic E-state index is -4.21. The second-order valence-electron chi connectivity index (χ2n) is 7.26. The van der Waals surface area contributed by atoms with Crippen molar-refractivity contribution in [3.05, 3.63) is 107 Å². The van der Waals surface area contributed by atoms with Crippen molar-refractivity contribution in [1.29, 1.82) is 0 Å². The predicted octanol–water partition coefficient (Wildman–Crippen LogP) is 3.57. The Bertz CT molecular complexity index is 1350. The van der Waals surface area contributed by atoms with Gasteiger partial charge in [0.15, 0.2) is 5.60 Å². The smallest absolute Gasteiger partial charge is 0.323 e. The summed E-state index contributed by atoms with van der Waals surface area (Å²) in [6, 6.07) is 9.34. The molecule has 2 aromatic heterocycles. The van der Waals surface area contributed by atoms with Crippen molar-refractivity contribution < 1.29 is 27.1 Å². The highest BCUT2D eigenvalue weighted by atomic mass is 19.3. The van der Waals surface area contributed by atoms with Gasteiger partial charge in [-0.25, -0.2) is 17.9 Å². The number of alkyl halides is 2. The average molecular weight is 471 g/mol. The molecule has 0 radical (unpaired) electrons. The van der Waals surface area contributed by atoms with Gasteiger partial charge in [-0.15, -0.1) is 5.10 Å². The highest BCUT2D eigenvalue weighted by molar-refractivity contribution is 5.42. The van der Waals surface area contributed by atoms with Crippen LogP contribution in [0.1, 0.15) is 22.4 Å². The minimum absolute atomic E-state index is 0.254. The first-order valence-electron chi connectivity index (χ1n) is 9.70. The lowest BCUT2D eigenvalue weighted by Gasteiger charge is -2.35. The molecule has 0 saturated carbocycles. The van der Waals surface area contributed by atoms with Crippen molar-refractivity contribution >= 4 is 0 Å². The first-order chi connectivity index (χ1) is 16.2. The Labute approximate surface area is 189 Å².